The lowest BCUT2D eigenvalue weighted by Crippen LogP contribution is -1.94. The Morgan fingerprint density at radius 2 is 2.12 bits per heavy atom. The number of benzene rings is 1. The van der Waals surface area contributed by atoms with E-state index in [9.17, 15) is 0 Å². The molecule has 2 N–H and O–H groups in total. The van der Waals surface area contributed by atoms with E-state index >= 15 is 0 Å². The smallest absolute Gasteiger partial charge is 0.126 e. The van der Waals surface area contributed by atoms with Gasteiger partial charge in [0.2, 0.25) is 0 Å². The second-order valence-electron chi connectivity index (χ2n) is 3.39. The van der Waals surface area contributed by atoms with Gasteiger partial charge < -0.3 is 5.73 Å². The zero-order valence-electron chi connectivity index (χ0n) is 9.21. The second kappa shape index (κ2) is 4.85. The number of nitriles is 1. The molecule has 17 heavy (non-hydrogen) atoms. The van der Waals surface area contributed by atoms with Crippen LogP contribution in [0.15, 0.2) is 40.4 Å². The summed E-state index contributed by atoms with van der Waals surface area (Å²) in [6.07, 6.45) is 1.53. The lowest BCUT2D eigenvalue weighted by atomic mass is 10.3. The van der Waals surface area contributed by atoms with Crippen LogP contribution in [-0.2, 0) is 0 Å². The Kier molecular flexibility index (Phi) is 3.26. The summed E-state index contributed by atoms with van der Waals surface area (Å²) in [4.78, 5) is 9.14. The van der Waals surface area contributed by atoms with Crippen molar-refractivity contribution in [3.63, 3.8) is 0 Å². The summed E-state index contributed by atoms with van der Waals surface area (Å²) in [6, 6.07) is 9.57. The lowest BCUT2D eigenvalue weighted by Gasteiger charge is -2.05. The molecule has 1 aromatic heterocycles. The van der Waals surface area contributed by atoms with Gasteiger partial charge >= 0.3 is 0 Å². The minimum Gasteiger partial charge on any atom is -0.398 e. The number of nitrogens with two attached hydrogens (primary N) is 1. The van der Waals surface area contributed by atoms with Gasteiger partial charge in [-0.05, 0) is 19.1 Å². The van der Waals surface area contributed by atoms with Crippen LogP contribution < -0.4 is 5.73 Å². The molecular formula is C12H10N4S. The van der Waals surface area contributed by atoms with Crippen LogP contribution in [0.1, 0.15) is 11.4 Å². The predicted molar refractivity (Wildman–Crippen MR) is 66.5 cm³/mol. The Morgan fingerprint density at radius 3 is 2.82 bits per heavy atom. The molecule has 4 nitrogen and oxygen atoms in total. The van der Waals surface area contributed by atoms with E-state index in [2.05, 4.69) is 16.0 Å². The predicted octanol–water partition coefficient (Wildman–Crippen LogP) is 2.39. The van der Waals surface area contributed by atoms with Gasteiger partial charge in [-0.2, -0.15) is 5.26 Å². The monoisotopic (exact) mass is 242 g/mol. The van der Waals surface area contributed by atoms with E-state index in [1.807, 2.05) is 24.3 Å². The number of nitrogens with zero attached hydrogens (tertiary/aromatic N) is 3. The van der Waals surface area contributed by atoms with Crippen molar-refractivity contribution in [3.8, 4) is 6.07 Å². The first-order valence-electron chi connectivity index (χ1n) is 4.97. The van der Waals surface area contributed by atoms with Crippen molar-refractivity contribution in [2.45, 2.75) is 16.8 Å². The van der Waals surface area contributed by atoms with Crippen LogP contribution in [0.2, 0.25) is 0 Å². The van der Waals surface area contributed by atoms with Crippen molar-refractivity contribution in [1.82, 2.24) is 9.97 Å². The maximum Gasteiger partial charge on any atom is 0.126 e. The lowest BCUT2D eigenvalue weighted by molar-refractivity contribution is 0.955. The van der Waals surface area contributed by atoms with E-state index in [1.165, 1.54) is 18.0 Å². The number of rotatable bonds is 2. The quantitative estimate of drug-likeness (QED) is 0.646. The number of nitrogen functional groups attached to an aromatic ring is 1. The number of aryl methyl sites for hydroxylation is 1. The van der Waals surface area contributed by atoms with E-state index in [0.717, 1.165) is 4.90 Å². The summed E-state index contributed by atoms with van der Waals surface area (Å²) >= 11 is 1.38. The highest BCUT2D eigenvalue weighted by Crippen LogP contribution is 2.32. The van der Waals surface area contributed by atoms with E-state index in [-0.39, 0.29) is 0 Å². The SMILES string of the molecule is Cc1ncc(C#N)c(Sc2ccccc2N)n1. The molecule has 0 unspecified atom stereocenters. The van der Waals surface area contributed by atoms with Crippen LogP contribution in [0.25, 0.3) is 0 Å². The Labute approximate surface area is 104 Å². The summed E-state index contributed by atoms with van der Waals surface area (Å²) in [6.45, 7) is 1.79. The molecule has 2 rings (SSSR count). The highest BCUT2D eigenvalue weighted by Gasteiger charge is 2.08. The molecule has 0 radical (unpaired) electrons. The van der Waals surface area contributed by atoms with Crippen LogP contribution >= 0.6 is 11.8 Å². The molecule has 0 aliphatic carbocycles. The van der Waals surface area contributed by atoms with Crippen LogP contribution in [0.5, 0.6) is 0 Å². The van der Waals surface area contributed by atoms with E-state index < -0.39 is 0 Å². The molecular weight excluding hydrogens is 232 g/mol. The third-order valence-corrected chi connectivity index (χ3v) is 3.22. The molecule has 0 bridgehead atoms. The highest BCUT2D eigenvalue weighted by molar-refractivity contribution is 7.99. The largest absolute Gasteiger partial charge is 0.398 e. The van der Waals surface area contributed by atoms with Crippen LogP contribution in [-0.4, -0.2) is 9.97 Å². The van der Waals surface area contributed by atoms with Gasteiger partial charge in [0.15, 0.2) is 0 Å². The number of aromatic nitrogens is 2. The Hall–Kier alpha value is -2.06. The Morgan fingerprint density at radius 1 is 1.35 bits per heavy atom. The number of para-hydroxylation sites is 1. The molecule has 84 valence electrons. The van der Waals surface area contributed by atoms with Crippen molar-refractivity contribution in [2.75, 3.05) is 5.73 Å². The zero-order valence-corrected chi connectivity index (χ0v) is 10.0. The van der Waals surface area contributed by atoms with Crippen molar-refractivity contribution in [3.05, 3.63) is 41.9 Å². The van der Waals surface area contributed by atoms with Gasteiger partial charge in [-0.3, -0.25) is 0 Å². The van der Waals surface area contributed by atoms with E-state index in [0.29, 0.717) is 22.1 Å². The summed E-state index contributed by atoms with van der Waals surface area (Å²) in [7, 11) is 0. The van der Waals surface area contributed by atoms with Gasteiger partial charge in [0, 0.05) is 16.8 Å². The summed E-state index contributed by atoms with van der Waals surface area (Å²) < 4.78 is 0. The molecule has 0 atom stereocenters. The molecule has 0 saturated heterocycles. The first-order valence-corrected chi connectivity index (χ1v) is 5.78. The molecule has 1 aromatic carbocycles. The molecule has 0 amide bonds. The van der Waals surface area contributed by atoms with E-state index in [1.54, 1.807) is 6.92 Å². The maximum absolute atomic E-state index is 8.98. The van der Waals surface area contributed by atoms with Crippen molar-refractivity contribution in [1.29, 1.82) is 5.26 Å². The van der Waals surface area contributed by atoms with E-state index in [4.69, 9.17) is 11.0 Å². The molecule has 0 aliphatic rings. The summed E-state index contributed by atoms with van der Waals surface area (Å²) in [5.74, 6) is 0.640. The molecule has 0 aliphatic heterocycles. The fourth-order valence-corrected chi connectivity index (χ4v) is 2.21. The Balaban J connectivity index is 2.40. The van der Waals surface area contributed by atoms with Gasteiger partial charge in [-0.15, -0.1) is 0 Å². The molecule has 1 heterocycles. The molecule has 5 heteroatoms. The summed E-state index contributed by atoms with van der Waals surface area (Å²) in [5.41, 5.74) is 6.99. The van der Waals surface area contributed by atoms with Gasteiger partial charge in [-0.1, -0.05) is 23.9 Å². The first-order chi connectivity index (χ1) is 8.20. The Bertz CT molecular complexity index is 589. The summed E-state index contributed by atoms with van der Waals surface area (Å²) in [5, 5.41) is 9.62. The molecule has 2 aromatic rings. The fraction of sp³-hybridized carbons (Fsp3) is 0.0833. The molecule has 0 spiro atoms. The topological polar surface area (TPSA) is 75.6 Å². The van der Waals surface area contributed by atoms with Gasteiger partial charge in [0.25, 0.3) is 0 Å². The molecule has 0 fully saturated rings. The second-order valence-corrected chi connectivity index (χ2v) is 4.42. The fourth-order valence-electron chi connectivity index (χ4n) is 1.28. The minimum atomic E-state index is 0.462. The zero-order chi connectivity index (χ0) is 12.3. The molecule has 0 saturated carbocycles. The van der Waals surface area contributed by atoms with Crippen molar-refractivity contribution < 1.29 is 0 Å². The number of anilines is 1. The number of hydrogen-bond acceptors (Lipinski definition) is 5. The van der Waals surface area contributed by atoms with Crippen molar-refractivity contribution in [2.24, 2.45) is 0 Å². The van der Waals surface area contributed by atoms with Crippen LogP contribution in [0.4, 0.5) is 5.69 Å². The highest BCUT2D eigenvalue weighted by atomic mass is 32.2. The average molecular weight is 242 g/mol. The average Bonchev–Trinajstić information content (AvgIpc) is 2.32. The van der Waals surface area contributed by atoms with Gasteiger partial charge in [-0.25, -0.2) is 9.97 Å². The van der Waals surface area contributed by atoms with Crippen molar-refractivity contribution >= 4 is 17.4 Å². The standard InChI is InChI=1S/C12H10N4S/c1-8-15-7-9(6-13)12(16-8)17-11-5-3-2-4-10(11)14/h2-5,7H,14H2,1H3. The third-order valence-electron chi connectivity index (χ3n) is 2.12. The van der Waals surface area contributed by atoms with Gasteiger partial charge in [0.1, 0.15) is 22.5 Å². The minimum absolute atomic E-state index is 0.462. The first kappa shape index (κ1) is 11.4. The van der Waals surface area contributed by atoms with Crippen LogP contribution in [0.3, 0.4) is 0 Å². The van der Waals surface area contributed by atoms with Crippen LogP contribution in [0, 0.1) is 18.3 Å². The number of hydrogen-bond donors (Lipinski definition) is 1. The van der Waals surface area contributed by atoms with Gasteiger partial charge in [0.05, 0.1) is 0 Å². The third kappa shape index (κ3) is 2.55. The maximum atomic E-state index is 8.98. The normalized spacial score (nSPS) is 9.88.